The molecule has 88 valence electrons. The molecule has 1 rings (SSSR count). The van der Waals surface area contributed by atoms with Crippen molar-refractivity contribution in [2.75, 3.05) is 5.75 Å². The Balaban J connectivity index is 2.95. The number of aromatic carboxylic acids is 1. The number of hydrogen-bond acceptors (Lipinski definition) is 3. The SMILES string of the molecule is NS(=O)(=O)CCc1cc(C(=O)O)ccc1Cl. The Morgan fingerprint density at radius 3 is 2.56 bits per heavy atom. The van der Waals surface area contributed by atoms with Crippen molar-refractivity contribution >= 4 is 27.6 Å². The number of rotatable bonds is 4. The zero-order valence-electron chi connectivity index (χ0n) is 8.18. The van der Waals surface area contributed by atoms with Gasteiger partial charge in [-0.05, 0) is 30.2 Å². The van der Waals surface area contributed by atoms with Crippen LogP contribution in [0.2, 0.25) is 5.02 Å². The van der Waals surface area contributed by atoms with E-state index in [0.717, 1.165) is 0 Å². The third-order valence-corrected chi connectivity index (χ3v) is 3.09. The van der Waals surface area contributed by atoms with E-state index in [1.807, 2.05) is 0 Å². The number of hydrogen-bond donors (Lipinski definition) is 2. The molecule has 0 fully saturated rings. The van der Waals surface area contributed by atoms with Gasteiger partial charge in [0.25, 0.3) is 0 Å². The van der Waals surface area contributed by atoms with E-state index in [1.54, 1.807) is 0 Å². The maximum atomic E-state index is 10.8. The zero-order chi connectivity index (χ0) is 12.3. The Hall–Kier alpha value is -1.11. The molecule has 0 spiro atoms. The molecule has 0 heterocycles. The summed E-state index contributed by atoms with van der Waals surface area (Å²) in [6.45, 7) is 0. The van der Waals surface area contributed by atoms with E-state index in [4.69, 9.17) is 21.8 Å². The highest BCUT2D eigenvalue weighted by Crippen LogP contribution is 2.18. The highest BCUT2D eigenvalue weighted by molar-refractivity contribution is 7.89. The molecule has 0 aliphatic rings. The fraction of sp³-hybridized carbons (Fsp3) is 0.222. The molecule has 1 aromatic rings. The minimum absolute atomic E-state index is 0.0637. The first-order valence-corrected chi connectivity index (χ1v) is 6.41. The summed E-state index contributed by atoms with van der Waals surface area (Å²) in [5.41, 5.74) is 0.518. The largest absolute Gasteiger partial charge is 0.478 e. The first-order chi connectivity index (χ1) is 7.29. The molecule has 0 bridgehead atoms. The fourth-order valence-corrected chi connectivity index (χ4v) is 1.87. The maximum absolute atomic E-state index is 10.8. The van der Waals surface area contributed by atoms with Crippen LogP contribution in [-0.2, 0) is 16.4 Å². The van der Waals surface area contributed by atoms with E-state index in [0.29, 0.717) is 10.6 Å². The van der Waals surface area contributed by atoms with E-state index >= 15 is 0 Å². The van der Waals surface area contributed by atoms with Gasteiger partial charge in [0.15, 0.2) is 0 Å². The second-order valence-electron chi connectivity index (χ2n) is 3.23. The minimum Gasteiger partial charge on any atom is -0.478 e. The number of nitrogens with two attached hydrogens (primary N) is 1. The first kappa shape index (κ1) is 13.0. The number of carboxylic acids is 1. The van der Waals surface area contributed by atoms with Crippen molar-refractivity contribution in [2.24, 2.45) is 5.14 Å². The van der Waals surface area contributed by atoms with Gasteiger partial charge in [-0.15, -0.1) is 0 Å². The Bertz CT molecular complexity index is 512. The van der Waals surface area contributed by atoms with Gasteiger partial charge in [0, 0.05) is 5.02 Å². The Kier molecular flexibility index (Phi) is 3.90. The molecule has 7 heteroatoms. The molecule has 0 radical (unpaired) electrons. The summed E-state index contributed by atoms with van der Waals surface area (Å²) in [5.74, 6) is -1.36. The van der Waals surface area contributed by atoms with Crippen LogP contribution in [0.4, 0.5) is 0 Å². The van der Waals surface area contributed by atoms with Crippen LogP contribution < -0.4 is 5.14 Å². The van der Waals surface area contributed by atoms with Crippen molar-refractivity contribution in [1.82, 2.24) is 0 Å². The Labute approximate surface area is 97.9 Å². The molecular formula is C9H10ClNO4S. The Morgan fingerprint density at radius 2 is 2.06 bits per heavy atom. The van der Waals surface area contributed by atoms with Crippen molar-refractivity contribution in [2.45, 2.75) is 6.42 Å². The number of benzene rings is 1. The highest BCUT2D eigenvalue weighted by Gasteiger charge is 2.10. The molecule has 3 N–H and O–H groups in total. The normalized spacial score (nSPS) is 11.4. The molecule has 16 heavy (non-hydrogen) atoms. The second-order valence-corrected chi connectivity index (χ2v) is 5.37. The molecule has 0 aliphatic carbocycles. The van der Waals surface area contributed by atoms with Gasteiger partial charge >= 0.3 is 5.97 Å². The van der Waals surface area contributed by atoms with Gasteiger partial charge in [0.1, 0.15) is 0 Å². The standard InChI is InChI=1S/C9H10ClNO4S/c10-8-2-1-7(9(12)13)5-6(8)3-4-16(11,14)15/h1-2,5H,3-4H2,(H,12,13)(H2,11,14,15). The number of sulfonamides is 1. The third kappa shape index (κ3) is 3.80. The number of primary sulfonamides is 1. The van der Waals surface area contributed by atoms with Gasteiger partial charge in [-0.25, -0.2) is 18.4 Å². The predicted octanol–water partition coefficient (Wildman–Crippen LogP) is 0.869. The minimum atomic E-state index is -3.58. The zero-order valence-corrected chi connectivity index (χ0v) is 9.75. The summed E-state index contributed by atoms with van der Waals surface area (Å²) in [6.07, 6.45) is 0.0960. The van der Waals surface area contributed by atoms with Gasteiger partial charge in [-0.1, -0.05) is 11.6 Å². The van der Waals surface area contributed by atoms with Crippen LogP contribution >= 0.6 is 11.6 Å². The lowest BCUT2D eigenvalue weighted by Crippen LogP contribution is -2.18. The van der Waals surface area contributed by atoms with Crippen LogP contribution in [0, 0.1) is 0 Å². The molecule has 0 aromatic heterocycles. The summed E-state index contributed by atoms with van der Waals surface area (Å²) in [7, 11) is -3.58. The molecule has 0 saturated carbocycles. The van der Waals surface area contributed by atoms with Gasteiger partial charge < -0.3 is 5.11 Å². The number of aryl methyl sites for hydroxylation is 1. The van der Waals surface area contributed by atoms with E-state index < -0.39 is 16.0 Å². The van der Waals surface area contributed by atoms with Crippen LogP contribution in [0.3, 0.4) is 0 Å². The van der Waals surface area contributed by atoms with Crippen LogP contribution in [0.15, 0.2) is 18.2 Å². The van der Waals surface area contributed by atoms with E-state index in [9.17, 15) is 13.2 Å². The smallest absolute Gasteiger partial charge is 0.335 e. The molecular weight excluding hydrogens is 254 g/mol. The molecule has 1 aromatic carbocycles. The average molecular weight is 264 g/mol. The van der Waals surface area contributed by atoms with Gasteiger partial charge in [-0.2, -0.15) is 0 Å². The van der Waals surface area contributed by atoms with E-state index in [-0.39, 0.29) is 17.7 Å². The van der Waals surface area contributed by atoms with Crippen LogP contribution in [0.25, 0.3) is 0 Å². The molecule has 0 atom stereocenters. The summed E-state index contributed by atoms with van der Waals surface area (Å²) in [5, 5.41) is 13.9. The lowest BCUT2D eigenvalue weighted by atomic mass is 10.1. The van der Waals surface area contributed by atoms with Crippen molar-refractivity contribution < 1.29 is 18.3 Å². The maximum Gasteiger partial charge on any atom is 0.335 e. The average Bonchev–Trinajstić information content (AvgIpc) is 2.14. The summed E-state index contributed by atoms with van der Waals surface area (Å²) >= 11 is 5.80. The monoisotopic (exact) mass is 263 g/mol. The van der Waals surface area contributed by atoms with E-state index in [1.165, 1.54) is 18.2 Å². The van der Waals surface area contributed by atoms with Crippen LogP contribution in [0.5, 0.6) is 0 Å². The summed E-state index contributed by atoms with van der Waals surface area (Å²) in [6, 6.07) is 4.12. The van der Waals surface area contributed by atoms with Crippen molar-refractivity contribution in [3.63, 3.8) is 0 Å². The van der Waals surface area contributed by atoms with Crippen molar-refractivity contribution in [1.29, 1.82) is 0 Å². The van der Waals surface area contributed by atoms with Gasteiger partial charge in [-0.3, -0.25) is 0 Å². The summed E-state index contributed by atoms with van der Waals surface area (Å²) < 4.78 is 21.5. The fourth-order valence-electron chi connectivity index (χ4n) is 1.15. The lowest BCUT2D eigenvalue weighted by Gasteiger charge is -2.04. The molecule has 0 aliphatic heterocycles. The molecule has 0 amide bonds. The van der Waals surface area contributed by atoms with Crippen molar-refractivity contribution in [3.05, 3.63) is 34.3 Å². The van der Waals surface area contributed by atoms with Gasteiger partial charge in [0.05, 0.1) is 11.3 Å². The summed E-state index contributed by atoms with van der Waals surface area (Å²) in [4.78, 5) is 10.7. The molecule has 5 nitrogen and oxygen atoms in total. The lowest BCUT2D eigenvalue weighted by molar-refractivity contribution is 0.0697. The quantitative estimate of drug-likeness (QED) is 0.842. The van der Waals surface area contributed by atoms with E-state index in [2.05, 4.69) is 0 Å². The number of carbonyl (C=O) groups is 1. The topological polar surface area (TPSA) is 97.5 Å². The number of halogens is 1. The highest BCUT2D eigenvalue weighted by atomic mass is 35.5. The molecule has 0 saturated heterocycles. The molecule has 0 unspecified atom stereocenters. The number of carboxylic acid groups (broad SMARTS) is 1. The third-order valence-electron chi connectivity index (χ3n) is 1.95. The van der Waals surface area contributed by atoms with Crippen LogP contribution in [0.1, 0.15) is 15.9 Å². The van der Waals surface area contributed by atoms with Gasteiger partial charge in [0.2, 0.25) is 10.0 Å². The van der Waals surface area contributed by atoms with Crippen LogP contribution in [-0.4, -0.2) is 25.2 Å². The Morgan fingerprint density at radius 1 is 1.44 bits per heavy atom. The predicted molar refractivity (Wildman–Crippen MR) is 60.1 cm³/mol. The van der Waals surface area contributed by atoms with Crippen molar-refractivity contribution in [3.8, 4) is 0 Å². The first-order valence-electron chi connectivity index (χ1n) is 4.32. The second kappa shape index (κ2) is 4.82.